The number of hydrogen-bond donors (Lipinski definition) is 0. The van der Waals surface area contributed by atoms with Crippen LogP contribution < -0.4 is 5.46 Å². The van der Waals surface area contributed by atoms with Gasteiger partial charge in [-0.05, 0) is 33.6 Å². The Kier molecular flexibility index (Phi) is 3.60. The maximum absolute atomic E-state index is 5.77. The number of aromatic nitrogens is 1. The van der Waals surface area contributed by atoms with Gasteiger partial charge in [0.2, 0.25) is 0 Å². The van der Waals surface area contributed by atoms with Crippen LogP contribution in [0.3, 0.4) is 0 Å². The van der Waals surface area contributed by atoms with Crippen LogP contribution in [-0.4, -0.2) is 18.2 Å². The Morgan fingerprint density at radius 1 is 1.33 bits per heavy atom. The first kappa shape index (κ1) is 12.3. The van der Waals surface area contributed by atoms with E-state index in [2.05, 4.69) is 32.9 Å². The summed E-state index contributed by atoms with van der Waals surface area (Å²) in [5, 5.41) is 3.88. The third-order valence-corrected chi connectivity index (χ3v) is 2.96. The first-order valence-electron chi connectivity index (χ1n) is 5.28. The molecule has 0 fully saturated rings. The zero-order valence-corrected chi connectivity index (χ0v) is 10.4. The van der Waals surface area contributed by atoms with E-state index in [1.165, 1.54) is 0 Å². The van der Waals surface area contributed by atoms with E-state index in [1.54, 1.807) is 7.48 Å². The maximum atomic E-state index is 5.77. The molecule has 1 heterocycles. The summed E-state index contributed by atoms with van der Waals surface area (Å²) in [5.41, 5.74) is 1.65. The molecule has 0 saturated carbocycles. The lowest BCUT2D eigenvalue weighted by atomic mass is 9.83. The Hall–Kier alpha value is -0.765. The average molecular weight is 208 g/mol. The van der Waals surface area contributed by atoms with Gasteiger partial charge in [-0.15, -0.1) is 0 Å². The van der Waals surface area contributed by atoms with E-state index in [0.29, 0.717) is 5.92 Å². The topological polar surface area (TPSA) is 35.3 Å². The fourth-order valence-electron chi connectivity index (χ4n) is 1.01. The van der Waals surface area contributed by atoms with Crippen molar-refractivity contribution in [2.75, 3.05) is 0 Å². The SMILES string of the molecule is Cc1noc(C)c1[B]OC(C)(C)C(C)C. The normalized spacial score (nSPS) is 12.2. The summed E-state index contributed by atoms with van der Waals surface area (Å²) in [6.45, 7) is 12.2. The van der Waals surface area contributed by atoms with Crippen molar-refractivity contribution in [3.05, 3.63) is 11.5 Å². The van der Waals surface area contributed by atoms with E-state index in [-0.39, 0.29) is 5.60 Å². The summed E-state index contributed by atoms with van der Waals surface area (Å²) < 4.78 is 10.8. The summed E-state index contributed by atoms with van der Waals surface area (Å²) in [5.74, 6) is 1.25. The van der Waals surface area contributed by atoms with Crippen molar-refractivity contribution in [1.82, 2.24) is 5.16 Å². The summed E-state index contributed by atoms with van der Waals surface area (Å²) in [4.78, 5) is 0. The Bertz CT molecular complexity index is 312. The summed E-state index contributed by atoms with van der Waals surface area (Å²) >= 11 is 0. The van der Waals surface area contributed by atoms with E-state index in [0.717, 1.165) is 16.9 Å². The predicted octanol–water partition coefficient (Wildman–Crippen LogP) is 1.99. The molecule has 0 aliphatic rings. The highest BCUT2D eigenvalue weighted by molar-refractivity contribution is 6.48. The first-order valence-corrected chi connectivity index (χ1v) is 5.28. The van der Waals surface area contributed by atoms with Gasteiger partial charge in [0.15, 0.2) is 0 Å². The van der Waals surface area contributed by atoms with Gasteiger partial charge in [-0.2, -0.15) is 0 Å². The van der Waals surface area contributed by atoms with E-state index in [4.69, 9.17) is 9.18 Å². The molecule has 1 rings (SSSR count). The lowest BCUT2D eigenvalue weighted by molar-refractivity contribution is 0.0667. The molecule has 0 bridgehead atoms. The Balaban J connectivity index is 2.65. The highest BCUT2D eigenvalue weighted by Gasteiger charge is 2.24. The lowest BCUT2D eigenvalue weighted by Crippen LogP contribution is -2.36. The molecule has 0 saturated heterocycles. The third kappa shape index (κ3) is 2.84. The van der Waals surface area contributed by atoms with Gasteiger partial charge in [0.05, 0.1) is 5.69 Å². The molecule has 0 N–H and O–H groups in total. The molecule has 1 aromatic heterocycles. The first-order chi connectivity index (χ1) is 6.84. The monoisotopic (exact) mass is 208 g/mol. The second-order valence-corrected chi connectivity index (χ2v) is 4.73. The van der Waals surface area contributed by atoms with Crippen LogP contribution in [0.1, 0.15) is 39.1 Å². The molecule has 0 aliphatic heterocycles. The molecule has 0 aliphatic carbocycles. The van der Waals surface area contributed by atoms with Gasteiger partial charge >= 0.3 is 7.48 Å². The van der Waals surface area contributed by atoms with Crippen LogP contribution in [0.5, 0.6) is 0 Å². The lowest BCUT2D eigenvalue weighted by Gasteiger charge is -2.29. The van der Waals surface area contributed by atoms with Crippen LogP contribution in [0, 0.1) is 19.8 Å². The smallest absolute Gasteiger partial charge is 0.336 e. The van der Waals surface area contributed by atoms with Crippen molar-refractivity contribution in [1.29, 1.82) is 0 Å². The van der Waals surface area contributed by atoms with E-state index in [1.807, 2.05) is 13.8 Å². The number of rotatable bonds is 4. The van der Waals surface area contributed by atoms with Crippen LogP contribution in [-0.2, 0) is 4.65 Å². The minimum atomic E-state index is -0.170. The van der Waals surface area contributed by atoms with Crippen LogP contribution in [0.2, 0.25) is 0 Å². The molecule has 1 aromatic rings. The Morgan fingerprint density at radius 3 is 2.33 bits per heavy atom. The molecule has 4 heteroatoms. The summed E-state index contributed by atoms with van der Waals surface area (Å²) in [6, 6.07) is 0. The Labute approximate surface area is 92.5 Å². The van der Waals surface area contributed by atoms with Crippen LogP contribution in [0.4, 0.5) is 0 Å². The van der Waals surface area contributed by atoms with E-state index < -0.39 is 0 Å². The highest BCUT2D eigenvalue weighted by Crippen LogP contribution is 2.19. The third-order valence-electron chi connectivity index (χ3n) is 2.96. The van der Waals surface area contributed by atoms with Gasteiger partial charge in [0.1, 0.15) is 5.76 Å². The van der Waals surface area contributed by atoms with Gasteiger partial charge in [0, 0.05) is 11.1 Å². The maximum Gasteiger partial charge on any atom is 0.336 e. The minimum Gasteiger partial charge on any atom is -0.429 e. The van der Waals surface area contributed by atoms with Crippen LogP contribution >= 0.6 is 0 Å². The van der Waals surface area contributed by atoms with Gasteiger partial charge in [0.25, 0.3) is 0 Å². The molecule has 3 nitrogen and oxygen atoms in total. The fourth-order valence-corrected chi connectivity index (χ4v) is 1.01. The minimum absolute atomic E-state index is 0.170. The van der Waals surface area contributed by atoms with Crippen LogP contribution in [0.15, 0.2) is 4.52 Å². The number of aryl methyl sites for hydroxylation is 2. The molecule has 15 heavy (non-hydrogen) atoms. The van der Waals surface area contributed by atoms with Gasteiger partial charge in [-0.1, -0.05) is 19.0 Å². The van der Waals surface area contributed by atoms with Crippen molar-refractivity contribution in [2.24, 2.45) is 5.92 Å². The zero-order chi connectivity index (χ0) is 11.6. The highest BCUT2D eigenvalue weighted by atomic mass is 16.5. The fraction of sp³-hybridized carbons (Fsp3) is 0.727. The molecule has 0 unspecified atom stereocenters. The van der Waals surface area contributed by atoms with Gasteiger partial charge in [-0.25, -0.2) is 0 Å². The molecular formula is C11H19BNO2. The van der Waals surface area contributed by atoms with Gasteiger partial charge < -0.3 is 9.18 Å². The molecule has 0 amide bonds. The molecule has 0 spiro atoms. The largest absolute Gasteiger partial charge is 0.429 e. The number of hydrogen-bond acceptors (Lipinski definition) is 3. The van der Waals surface area contributed by atoms with Crippen molar-refractivity contribution in [3.8, 4) is 0 Å². The molecule has 0 aromatic carbocycles. The summed E-state index contributed by atoms with van der Waals surface area (Å²) in [7, 11) is 1.75. The molecule has 0 atom stereocenters. The quantitative estimate of drug-likeness (QED) is 0.709. The molecule has 83 valence electrons. The zero-order valence-electron chi connectivity index (χ0n) is 10.4. The van der Waals surface area contributed by atoms with Crippen LogP contribution in [0.25, 0.3) is 0 Å². The predicted molar refractivity (Wildman–Crippen MR) is 61.4 cm³/mol. The summed E-state index contributed by atoms with van der Waals surface area (Å²) in [6.07, 6.45) is 0. The number of nitrogens with zero attached hydrogens (tertiary/aromatic N) is 1. The molecule has 1 radical (unpaired) electrons. The van der Waals surface area contributed by atoms with Crippen molar-refractivity contribution >= 4 is 12.9 Å². The van der Waals surface area contributed by atoms with E-state index in [9.17, 15) is 0 Å². The average Bonchev–Trinajstić information content (AvgIpc) is 2.43. The standard InChI is InChI=1S/C11H19BNO2/c1-7(2)11(5,6)15-12-10-8(3)13-14-9(10)4/h7H,1-6H3. The Morgan fingerprint density at radius 2 is 1.93 bits per heavy atom. The second-order valence-electron chi connectivity index (χ2n) is 4.73. The van der Waals surface area contributed by atoms with Gasteiger partial charge in [-0.3, -0.25) is 0 Å². The molecular weight excluding hydrogens is 189 g/mol. The van der Waals surface area contributed by atoms with Crippen molar-refractivity contribution in [2.45, 2.75) is 47.1 Å². The van der Waals surface area contributed by atoms with Crippen molar-refractivity contribution < 1.29 is 9.18 Å². The van der Waals surface area contributed by atoms with E-state index >= 15 is 0 Å². The van der Waals surface area contributed by atoms with Crippen molar-refractivity contribution in [3.63, 3.8) is 0 Å². The second kappa shape index (κ2) is 4.39.